The number of rotatable bonds is 8. The van der Waals surface area contributed by atoms with Crippen LogP contribution in [0.1, 0.15) is 31.3 Å². The molecule has 0 atom stereocenters. The third kappa shape index (κ3) is 4.71. The van der Waals surface area contributed by atoms with Gasteiger partial charge in [-0.15, -0.1) is 0 Å². The molecule has 0 bridgehead atoms. The minimum atomic E-state index is -0.304. The van der Waals surface area contributed by atoms with Crippen LogP contribution in [0.25, 0.3) is 0 Å². The molecule has 0 aliphatic rings. The molecule has 0 N–H and O–H groups in total. The first kappa shape index (κ1) is 20.3. The van der Waals surface area contributed by atoms with E-state index in [1.165, 1.54) is 16.4 Å². The molecule has 0 spiro atoms. The quantitative estimate of drug-likeness (QED) is 0.416. The highest BCUT2D eigenvalue weighted by Crippen LogP contribution is 2.34. The van der Waals surface area contributed by atoms with Crippen LogP contribution < -0.4 is 10.1 Å². The van der Waals surface area contributed by atoms with E-state index in [1.807, 2.05) is 13.8 Å². The highest BCUT2D eigenvalue weighted by Gasteiger charge is 2.17. The van der Waals surface area contributed by atoms with Gasteiger partial charge in [-0.25, -0.2) is 0 Å². The second-order valence-electron chi connectivity index (χ2n) is 6.80. The Kier molecular flexibility index (Phi) is 7.04. The molecule has 4 heteroatoms. The molecule has 0 radical (unpaired) electrons. The van der Waals surface area contributed by atoms with Gasteiger partial charge in [0, 0.05) is 46.1 Å². The number of hydrogen-bond donors (Lipinski definition) is 0. The van der Waals surface area contributed by atoms with Crippen molar-refractivity contribution in [3.05, 3.63) is 83.9 Å². The van der Waals surface area contributed by atoms with E-state index in [0.29, 0.717) is 13.2 Å². The van der Waals surface area contributed by atoms with Gasteiger partial charge in [0.1, 0.15) is 0 Å². The van der Waals surface area contributed by atoms with E-state index in [9.17, 15) is 0 Å². The van der Waals surface area contributed by atoms with E-state index < -0.39 is 0 Å². The fourth-order valence-corrected chi connectivity index (χ4v) is 4.04. The summed E-state index contributed by atoms with van der Waals surface area (Å²) in [5.74, 6) is 0. The molecule has 0 aliphatic heterocycles. The van der Waals surface area contributed by atoms with Gasteiger partial charge >= 0.3 is 0 Å². The molecule has 0 saturated carbocycles. The summed E-state index contributed by atoms with van der Waals surface area (Å²) in [4.78, 5) is 2.32. The first-order chi connectivity index (χ1) is 13.6. The summed E-state index contributed by atoms with van der Waals surface area (Å²) >= 11 is 0. The van der Waals surface area contributed by atoms with Crippen molar-refractivity contribution in [2.75, 3.05) is 18.1 Å². The van der Waals surface area contributed by atoms with E-state index in [2.05, 4.69) is 84.6 Å². The van der Waals surface area contributed by atoms with Crippen molar-refractivity contribution >= 4 is 32.5 Å². The average Bonchev–Trinajstić information content (AvgIpc) is 2.71. The van der Waals surface area contributed by atoms with Crippen molar-refractivity contribution in [1.82, 2.24) is 0 Å². The molecular formula is C24H29NO2Si. The fourth-order valence-electron chi connectivity index (χ4n) is 3.32. The zero-order valence-corrected chi connectivity index (χ0v) is 19.2. The number of para-hydroxylation sites is 1. The van der Waals surface area contributed by atoms with Gasteiger partial charge in [0.05, 0.1) is 0 Å². The Hall–Kier alpha value is -2.40. The zero-order chi connectivity index (χ0) is 19.9. The SMILES string of the molecule is CCOC(OCC)c1ccc(N(c2ccccc2)c2ccc(C)cc2)c([SiH3])c1. The maximum absolute atomic E-state index is 5.79. The smallest absolute Gasteiger partial charge is 0.183 e. The Labute approximate surface area is 171 Å². The van der Waals surface area contributed by atoms with Crippen molar-refractivity contribution in [3.8, 4) is 0 Å². The molecule has 0 heterocycles. The molecular weight excluding hydrogens is 362 g/mol. The molecule has 0 saturated heterocycles. The lowest BCUT2D eigenvalue weighted by molar-refractivity contribution is -0.140. The van der Waals surface area contributed by atoms with Crippen molar-refractivity contribution in [2.24, 2.45) is 0 Å². The van der Waals surface area contributed by atoms with Crippen molar-refractivity contribution in [2.45, 2.75) is 27.1 Å². The highest BCUT2D eigenvalue weighted by molar-refractivity contribution is 6.36. The number of ether oxygens (including phenoxy) is 2. The molecule has 28 heavy (non-hydrogen) atoms. The van der Waals surface area contributed by atoms with Gasteiger partial charge in [-0.05, 0) is 56.3 Å². The topological polar surface area (TPSA) is 21.7 Å². The van der Waals surface area contributed by atoms with E-state index in [1.54, 1.807) is 0 Å². The van der Waals surface area contributed by atoms with E-state index in [0.717, 1.165) is 27.2 Å². The van der Waals surface area contributed by atoms with Gasteiger partial charge < -0.3 is 14.4 Å². The summed E-state index contributed by atoms with van der Waals surface area (Å²) in [7, 11) is 0.924. The minimum Gasteiger partial charge on any atom is -0.349 e. The van der Waals surface area contributed by atoms with Crippen LogP contribution in [-0.2, 0) is 9.47 Å². The summed E-state index contributed by atoms with van der Waals surface area (Å²) < 4.78 is 11.6. The lowest BCUT2D eigenvalue weighted by Crippen LogP contribution is -2.21. The first-order valence-corrected chi connectivity index (χ1v) is 10.9. The molecule has 0 fully saturated rings. The van der Waals surface area contributed by atoms with Crippen LogP contribution in [0.3, 0.4) is 0 Å². The lowest BCUT2D eigenvalue weighted by atomic mass is 10.1. The summed E-state index contributed by atoms with van der Waals surface area (Å²) in [5.41, 5.74) is 5.86. The summed E-state index contributed by atoms with van der Waals surface area (Å²) in [6, 6.07) is 25.7. The Bertz CT molecular complexity index is 875. The molecule has 0 amide bonds. The average molecular weight is 392 g/mol. The van der Waals surface area contributed by atoms with E-state index in [4.69, 9.17) is 9.47 Å². The Morgan fingerprint density at radius 3 is 2.00 bits per heavy atom. The number of hydrogen-bond acceptors (Lipinski definition) is 3. The Morgan fingerprint density at radius 1 is 0.821 bits per heavy atom. The van der Waals surface area contributed by atoms with Crippen LogP contribution in [0.2, 0.25) is 0 Å². The monoisotopic (exact) mass is 391 g/mol. The first-order valence-electron chi connectivity index (χ1n) is 9.89. The standard InChI is InChI=1S/C24H29NO2Si/c1-4-26-24(27-5-2)19-13-16-22(23(28)17-19)25(20-9-7-6-8-10-20)21-14-11-18(3)12-15-21/h6-17,24H,4-5H2,1-3,28H3. The summed E-state index contributed by atoms with van der Waals surface area (Å²) in [6.07, 6.45) is -0.304. The van der Waals surface area contributed by atoms with Crippen LogP contribution in [0.15, 0.2) is 72.8 Å². The van der Waals surface area contributed by atoms with Crippen LogP contribution in [0.5, 0.6) is 0 Å². The molecule has 146 valence electrons. The predicted octanol–water partition coefficient (Wildman–Crippen LogP) is 4.53. The van der Waals surface area contributed by atoms with Gasteiger partial charge in [-0.2, -0.15) is 0 Å². The van der Waals surface area contributed by atoms with Crippen LogP contribution >= 0.6 is 0 Å². The number of nitrogens with zero attached hydrogens (tertiary/aromatic N) is 1. The van der Waals surface area contributed by atoms with Crippen LogP contribution in [0.4, 0.5) is 17.1 Å². The van der Waals surface area contributed by atoms with E-state index in [-0.39, 0.29) is 6.29 Å². The van der Waals surface area contributed by atoms with Crippen LogP contribution in [0, 0.1) is 6.92 Å². The Balaban J connectivity index is 2.04. The molecule has 3 aromatic rings. The number of anilines is 3. The molecule has 0 aliphatic carbocycles. The normalized spacial score (nSPS) is 11.1. The lowest BCUT2D eigenvalue weighted by Gasteiger charge is -2.28. The van der Waals surface area contributed by atoms with Gasteiger partial charge in [0.2, 0.25) is 0 Å². The summed E-state index contributed by atoms with van der Waals surface area (Å²) in [6.45, 7) is 7.36. The van der Waals surface area contributed by atoms with Crippen molar-refractivity contribution < 1.29 is 9.47 Å². The zero-order valence-electron chi connectivity index (χ0n) is 17.2. The molecule has 0 unspecified atom stereocenters. The molecule has 3 rings (SSSR count). The third-order valence-electron chi connectivity index (χ3n) is 4.68. The van der Waals surface area contributed by atoms with E-state index >= 15 is 0 Å². The molecule has 3 nitrogen and oxygen atoms in total. The third-order valence-corrected chi connectivity index (χ3v) is 5.48. The Morgan fingerprint density at radius 2 is 1.43 bits per heavy atom. The molecule has 3 aromatic carbocycles. The van der Waals surface area contributed by atoms with Gasteiger partial charge in [0.25, 0.3) is 0 Å². The molecule has 0 aromatic heterocycles. The fraction of sp³-hybridized carbons (Fsp3) is 0.250. The maximum atomic E-state index is 5.79. The number of aryl methyl sites for hydroxylation is 1. The predicted molar refractivity (Wildman–Crippen MR) is 121 cm³/mol. The van der Waals surface area contributed by atoms with Crippen molar-refractivity contribution in [1.29, 1.82) is 0 Å². The largest absolute Gasteiger partial charge is 0.349 e. The van der Waals surface area contributed by atoms with Gasteiger partial charge in [-0.3, -0.25) is 0 Å². The second kappa shape index (κ2) is 9.69. The second-order valence-corrected chi connectivity index (χ2v) is 7.87. The maximum Gasteiger partial charge on any atom is 0.183 e. The van der Waals surface area contributed by atoms with Crippen LogP contribution in [-0.4, -0.2) is 23.5 Å². The van der Waals surface area contributed by atoms with Crippen molar-refractivity contribution in [3.63, 3.8) is 0 Å². The number of benzene rings is 3. The summed E-state index contributed by atoms with van der Waals surface area (Å²) in [5, 5.41) is 1.31. The van der Waals surface area contributed by atoms with Gasteiger partial charge in [0.15, 0.2) is 6.29 Å². The highest BCUT2D eigenvalue weighted by atomic mass is 28.1. The minimum absolute atomic E-state index is 0.304. The van der Waals surface area contributed by atoms with Gasteiger partial charge in [-0.1, -0.05) is 48.0 Å².